The summed E-state index contributed by atoms with van der Waals surface area (Å²) in [6.45, 7) is 3.92. The Balaban J connectivity index is 2.28. The fraction of sp³-hybridized carbons (Fsp3) is 0.294. The highest BCUT2D eigenvalue weighted by atomic mass is 35.5. The van der Waals surface area contributed by atoms with Crippen LogP contribution in [-0.4, -0.2) is 18.4 Å². The molecule has 2 aromatic rings. The van der Waals surface area contributed by atoms with Crippen LogP contribution < -0.4 is 9.47 Å². The molecule has 1 aromatic carbocycles. The summed E-state index contributed by atoms with van der Waals surface area (Å²) < 4.78 is 11.2. The van der Waals surface area contributed by atoms with Crippen LogP contribution in [0.2, 0.25) is 5.02 Å². The predicted molar refractivity (Wildman–Crippen MR) is 86.0 cm³/mol. The topological polar surface area (TPSA) is 48.4 Å². The lowest BCUT2D eigenvalue weighted by atomic mass is 10.2. The van der Waals surface area contributed by atoms with Crippen molar-refractivity contribution in [3.63, 3.8) is 0 Å². The van der Waals surface area contributed by atoms with Crippen molar-refractivity contribution in [3.8, 4) is 11.5 Å². The SMILES string of the molecule is CCc1ccc(OC)c([C@@H](C)Oc2ccc(C=O)cc2Cl)n1. The smallest absolute Gasteiger partial charge is 0.150 e. The number of hydrogen-bond acceptors (Lipinski definition) is 4. The van der Waals surface area contributed by atoms with Crippen molar-refractivity contribution in [2.75, 3.05) is 7.11 Å². The Hall–Kier alpha value is -2.07. The molecule has 0 aliphatic rings. The van der Waals surface area contributed by atoms with Gasteiger partial charge in [-0.3, -0.25) is 9.78 Å². The summed E-state index contributed by atoms with van der Waals surface area (Å²) >= 11 is 6.14. The number of aryl methyl sites for hydroxylation is 1. The lowest BCUT2D eigenvalue weighted by molar-refractivity contribution is 0.112. The molecule has 1 heterocycles. The van der Waals surface area contributed by atoms with Gasteiger partial charge < -0.3 is 9.47 Å². The minimum Gasteiger partial charge on any atom is -0.495 e. The van der Waals surface area contributed by atoms with Crippen LogP contribution in [0.4, 0.5) is 0 Å². The minimum atomic E-state index is -0.332. The number of aromatic nitrogens is 1. The average Bonchev–Trinajstić information content (AvgIpc) is 2.55. The second kappa shape index (κ2) is 7.27. The number of carbonyl (C=O) groups is 1. The zero-order valence-electron chi connectivity index (χ0n) is 12.8. The van der Waals surface area contributed by atoms with E-state index in [0.29, 0.717) is 22.1 Å². The summed E-state index contributed by atoms with van der Waals surface area (Å²) in [6, 6.07) is 8.73. The third-order valence-electron chi connectivity index (χ3n) is 3.31. The molecule has 0 spiro atoms. The molecule has 5 heteroatoms. The van der Waals surface area contributed by atoms with Crippen LogP contribution in [0.15, 0.2) is 30.3 Å². The van der Waals surface area contributed by atoms with Crippen LogP contribution >= 0.6 is 11.6 Å². The van der Waals surface area contributed by atoms with Gasteiger partial charge in [0.25, 0.3) is 0 Å². The molecule has 0 saturated heterocycles. The van der Waals surface area contributed by atoms with Gasteiger partial charge in [-0.15, -0.1) is 0 Å². The molecule has 0 amide bonds. The zero-order valence-corrected chi connectivity index (χ0v) is 13.6. The quantitative estimate of drug-likeness (QED) is 0.746. The Kier molecular flexibility index (Phi) is 5.39. The third-order valence-corrected chi connectivity index (χ3v) is 3.60. The molecule has 0 unspecified atom stereocenters. The van der Waals surface area contributed by atoms with Crippen molar-refractivity contribution in [2.45, 2.75) is 26.4 Å². The van der Waals surface area contributed by atoms with Gasteiger partial charge >= 0.3 is 0 Å². The van der Waals surface area contributed by atoms with Crippen molar-refractivity contribution < 1.29 is 14.3 Å². The number of benzene rings is 1. The van der Waals surface area contributed by atoms with Gasteiger partial charge in [0, 0.05) is 11.3 Å². The van der Waals surface area contributed by atoms with Gasteiger partial charge in [0.15, 0.2) is 0 Å². The zero-order chi connectivity index (χ0) is 16.1. The van der Waals surface area contributed by atoms with E-state index in [1.165, 1.54) is 0 Å². The lowest BCUT2D eigenvalue weighted by Crippen LogP contribution is -2.09. The van der Waals surface area contributed by atoms with E-state index in [1.54, 1.807) is 25.3 Å². The molecule has 0 saturated carbocycles. The van der Waals surface area contributed by atoms with E-state index >= 15 is 0 Å². The summed E-state index contributed by atoms with van der Waals surface area (Å²) in [6.07, 6.45) is 1.24. The minimum absolute atomic E-state index is 0.332. The first-order valence-electron chi connectivity index (χ1n) is 7.04. The maximum atomic E-state index is 10.7. The molecular formula is C17H18ClNO3. The van der Waals surface area contributed by atoms with Crippen molar-refractivity contribution in [1.29, 1.82) is 0 Å². The van der Waals surface area contributed by atoms with E-state index < -0.39 is 0 Å². The highest BCUT2D eigenvalue weighted by molar-refractivity contribution is 6.32. The van der Waals surface area contributed by atoms with Crippen molar-refractivity contribution >= 4 is 17.9 Å². The van der Waals surface area contributed by atoms with Gasteiger partial charge in [-0.2, -0.15) is 0 Å². The van der Waals surface area contributed by atoms with Crippen LogP contribution in [0.1, 0.15) is 41.7 Å². The summed E-state index contributed by atoms with van der Waals surface area (Å²) in [4.78, 5) is 15.3. The summed E-state index contributed by atoms with van der Waals surface area (Å²) in [5.74, 6) is 1.18. The Morgan fingerprint density at radius 1 is 1.27 bits per heavy atom. The van der Waals surface area contributed by atoms with Crippen LogP contribution in [0.3, 0.4) is 0 Å². The number of aldehydes is 1. The number of nitrogens with zero attached hydrogens (tertiary/aromatic N) is 1. The van der Waals surface area contributed by atoms with Crippen LogP contribution in [0.5, 0.6) is 11.5 Å². The molecule has 4 nitrogen and oxygen atoms in total. The second-order valence-corrected chi connectivity index (χ2v) is 5.22. The fourth-order valence-corrected chi connectivity index (χ4v) is 2.33. The van der Waals surface area contributed by atoms with E-state index in [1.807, 2.05) is 26.0 Å². The van der Waals surface area contributed by atoms with E-state index in [9.17, 15) is 4.79 Å². The molecule has 1 aromatic heterocycles. The summed E-state index contributed by atoms with van der Waals surface area (Å²) in [5, 5.41) is 0.391. The normalized spacial score (nSPS) is 11.8. The maximum absolute atomic E-state index is 10.7. The Morgan fingerprint density at radius 3 is 2.59 bits per heavy atom. The molecule has 116 valence electrons. The standard InChI is InChI=1S/C17H18ClNO3/c1-4-13-6-8-16(21-3)17(19-13)11(2)22-15-7-5-12(10-20)9-14(15)18/h5-11H,4H2,1-3H3/t11-/m1/s1. The summed E-state index contributed by atoms with van der Waals surface area (Å²) in [7, 11) is 1.60. The molecule has 0 fully saturated rings. The molecule has 0 radical (unpaired) electrons. The number of methoxy groups -OCH3 is 1. The van der Waals surface area contributed by atoms with Crippen molar-refractivity contribution in [1.82, 2.24) is 4.98 Å². The fourth-order valence-electron chi connectivity index (χ4n) is 2.10. The number of pyridine rings is 1. The maximum Gasteiger partial charge on any atom is 0.150 e. The average molecular weight is 320 g/mol. The van der Waals surface area contributed by atoms with Crippen LogP contribution in [0.25, 0.3) is 0 Å². The molecule has 1 atom stereocenters. The van der Waals surface area contributed by atoms with Gasteiger partial charge in [-0.05, 0) is 43.7 Å². The molecule has 0 aliphatic carbocycles. The number of carbonyl (C=O) groups excluding carboxylic acids is 1. The highest BCUT2D eigenvalue weighted by Gasteiger charge is 2.17. The molecule has 0 N–H and O–H groups in total. The third kappa shape index (κ3) is 3.57. The lowest BCUT2D eigenvalue weighted by Gasteiger charge is -2.18. The first-order valence-corrected chi connectivity index (χ1v) is 7.42. The van der Waals surface area contributed by atoms with Crippen LogP contribution in [-0.2, 0) is 6.42 Å². The van der Waals surface area contributed by atoms with Crippen molar-refractivity contribution in [2.24, 2.45) is 0 Å². The van der Waals surface area contributed by atoms with Gasteiger partial charge in [0.05, 0.1) is 12.1 Å². The van der Waals surface area contributed by atoms with Gasteiger partial charge in [-0.1, -0.05) is 18.5 Å². The van der Waals surface area contributed by atoms with Crippen molar-refractivity contribution in [3.05, 3.63) is 52.3 Å². The number of halogens is 1. The predicted octanol–water partition coefficient (Wildman–Crippen LogP) is 4.26. The van der Waals surface area contributed by atoms with Gasteiger partial charge in [-0.25, -0.2) is 0 Å². The Bertz CT molecular complexity index is 673. The summed E-state index contributed by atoms with van der Waals surface area (Å²) in [5.41, 5.74) is 2.19. The first-order chi connectivity index (χ1) is 10.6. The first kappa shape index (κ1) is 16.3. The second-order valence-electron chi connectivity index (χ2n) is 4.81. The van der Waals surface area contributed by atoms with E-state index in [-0.39, 0.29) is 6.10 Å². The molecular weight excluding hydrogens is 302 g/mol. The number of rotatable bonds is 6. The van der Waals surface area contributed by atoms with Gasteiger partial charge in [0.1, 0.15) is 29.6 Å². The molecule has 0 bridgehead atoms. The molecule has 2 rings (SSSR count). The number of ether oxygens (including phenoxy) is 2. The monoisotopic (exact) mass is 319 g/mol. The van der Waals surface area contributed by atoms with Crippen LogP contribution in [0, 0.1) is 0 Å². The van der Waals surface area contributed by atoms with E-state index in [0.717, 1.165) is 24.1 Å². The molecule has 0 aliphatic heterocycles. The Morgan fingerprint density at radius 2 is 2.00 bits per heavy atom. The Labute approximate surface area is 135 Å². The largest absolute Gasteiger partial charge is 0.495 e. The van der Waals surface area contributed by atoms with E-state index in [4.69, 9.17) is 21.1 Å². The van der Waals surface area contributed by atoms with E-state index in [2.05, 4.69) is 4.98 Å². The number of hydrogen-bond donors (Lipinski definition) is 0. The molecule has 22 heavy (non-hydrogen) atoms. The highest BCUT2D eigenvalue weighted by Crippen LogP contribution is 2.32. The van der Waals surface area contributed by atoms with Gasteiger partial charge in [0.2, 0.25) is 0 Å².